The van der Waals surface area contributed by atoms with E-state index in [4.69, 9.17) is 9.47 Å². The van der Waals surface area contributed by atoms with Crippen LogP contribution in [0, 0.1) is 13.8 Å². The monoisotopic (exact) mass is 447 g/mol. The van der Waals surface area contributed by atoms with Crippen molar-refractivity contribution in [3.8, 4) is 11.5 Å². The van der Waals surface area contributed by atoms with Crippen LogP contribution in [0.2, 0.25) is 0 Å². The number of methoxy groups -OCH3 is 2. The standard InChI is InChI=1S/C22H29N3O5S/c1-16-8-9-19(14-17(16)2)31(27,28)25-12-10-24(11-13-25)22(26)23-15-18-6-5-7-20(29-3)21(18)30-4/h5-9,14H,10-13,15H2,1-4H3,(H,23,26). The fourth-order valence-corrected chi connectivity index (χ4v) is 5.04. The minimum Gasteiger partial charge on any atom is -0.493 e. The molecule has 0 unspecified atom stereocenters. The summed E-state index contributed by atoms with van der Waals surface area (Å²) in [6.07, 6.45) is 0. The molecule has 0 spiro atoms. The van der Waals surface area contributed by atoms with E-state index in [9.17, 15) is 13.2 Å². The summed E-state index contributed by atoms with van der Waals surface area (Å²) in [4.78, 5) is 14.5. The second kappa shape index (κ2) is 9.57. The van der Waals surface area contributed by atoms with E-state index in [1.807, 2.05) is 32.0 Å². The maximum Gasteiger partial charge on any atom is 0.317 e. The molecule has 1 aliphatic heterocycles. The molecule has 9 heteroatoms. The van der Waals surface area contributed by atoms with Gasteiger partial charge in [0.15, 0.2) is 11.5 Å². The first-order chi connectivity index (χ1) is 14.8. The lowest BCUT2D eigenvalue weighted by atomic mass is 10.1. The van der Waals surface area contributed by atoms with Crippen LogP contribution in [-0.4, -0.2) is 64.1 Å². The van der Waals surface area contributed by atoms with Crippen LogP contribution in [0.25, 0.3) is 0 Å². The highest BCUT2D eigenvalue weighted by Gasteiger charge is 2.30. The van der Waals surface area contributed by atoms with E-state index in [0.717, 1.165) is 16.7 Å². The lowest BCUT2D eigenvalue weighted by Crippen LogP contribution is -2.52. The Labute approximate surface area is 183 Å². The zero-order valence-electron chi connectivity index (χ0n) is 18.3. The van der Waals surface area contributed by atoms with Crippen LogP contribution in [0.4, 0.5) is 4.79 Å². The Hall–Kier alpha value is -2.78. The molecule has 0 aromatic heterocycles. The average Bonchev–Trinajstić information content (AvgIpc) is 2.78. The molecule has 2 aromatic carbocycles. The number of hydrogen-bond donors (Lipinski definition) is 1. The molecule has 0 bridgehead atoms. The van der Waals surface area contributed by atoms with Gasteiger partial charge in [-0.3, -0.25) is 0 Å². The Morgan fingerprint density at radius 3 is 2.32 bits per heavy atom. The number of nitrogens with one attached hydrogen (secondary N) is 1. The van der Waals surface area contributed by atoms with Crippen molar-refractivity contribution in [1.82, 2.24) is 14.5 Å². The lowest BCUT2D eigenvalue weighted by Gasteiger charge is -2.34. The van der Waals surface area contributed by atoms with Gasteiger partial charge in [-0.1, -0.05) is 18.2 Å². The first-order valence-electron chi connectivity index (χ1n) is 10.1. The number of hydrogen-bond acceptors (Lipinski definition) is 5. The number of carbonyl (C=O) groups is 1. The highest BCUT2D eigenvalue weighted by Crippen LogP contribution is 2.30. The molecule has 1 heterocycles. The topological polar surface area (TPSA) is 88.2 Å². The lowest BCUT2D eigenvalue weighted by molar-refractivity contribution is 0.172. The summed E-state index contributed by atoms with van der Waals surface area (Å²) in [6.45, 7) is 5.28. The molecule has 0 radical (unpaired) electrons. The zero-order chi connectivity index (χ0) is 22.6. The van der Waals surface area contributed by atoms with Gasteiger partial charge >= 0.3 is 6.03 Å². The van der Waals surface area contributed by atoms with Crippen molar-refractivity contribution in [1.29, 1.82) is 0 Å². The fourth-order valence-electron chi connectivity index (χ4n) is 3.53. The van der Waals surface area contributed by atoms with Gasteiger partial charge in [0.05, 0.1) is 19.1 Å². The summed E-state index contributed by atoms with van der Waals surface area (Å²) >= 11 is 0. The normalized spacial score (nSPS) is 14.9. The molecule has 1 saturated heterocycles. The molecule has 1 aliphatic rings. The van der Waals surface area contributed by atoms with Gasteiger partial charge in [-0.15, -0.1) is 0 Å². The van der Waals surface area contributed by atoms with Crippen molar-refractivity contribution in [2.45, 2.75) is 25.3 Å². The Balaban J connectivity index is 1.59. The number of rotatable bonds is 6. The SMILES string of the molecule is COc1cccc(CNC(=O)N2CCN(S(=O)(=O)c3ccc(C)c(C)c3)CC2)c1OC. The van der Waals surface area contributed by atoms with Crippen molar-refractivity contribution in [2.75, 3.05) is 40.4 Å². The minimum absolute atomic E-state index is 0.242. The number of urea groups is 1. The van der Waals surface area contributed by atoms with Crippen LogP contribution < -0.4 is 14.8 Å². The molecule has 3 rings (SSSR count). The predicted octanol–water partition coefficient (Wildman–Crippen LogP) is 2.54. The van der Waals surface area contributed by atoms with E-state index in [0.29, 0.717) is 29.5 Å². The summed E-state index contributed by atoms with van der Waals surface area (Å²) < 4.78 is 38.0. The number of piperazine rings is 1. The summed E-state index contributed by atoms with van der Waals surface area (Å²) in [5, 5.41) is 2.88. The third kappa shape index (κ3) is 4.94. The third-order valence-corrected chi connectivity index (χ3v) is 7.45. The molecule has 1 fully saturated rings. The Kier molecular flexibility index (Phi) is 7.07. The maximum absolute atomic E-state index is 13.0. The molecule has 0 aliphatic carbocycles. The summed E-state index contributed by atoms with van der Waals surface area (Å²) in [6, 6.07) is 10.4. The molecule has 31 heavy (non-hydrogen) atoms. The van der Waals surface area contributed by atoms with Crippen LogP contribution in [0.15, 0.2) is 41.3 Å². The number of ether oxygens (including phenoxy) is 2. The maximum atomic E-state index is 13.0. The molecule has 2 aromatic rings. The van der Waals surface area contributed by atoms with Gasteiger partial charge in [0.25, 0.3) is 0 Å². The quantitative estimate of drug-likeness (QED) is 0.735. The van der Waals surface area contributed by atoms with E-state index in [-0.39, 0.29) is 25.7 Å². The van der Waals surface area contributed by atoms with Gasteiger partial charge in [0.2, 0.25) is 10.0 Å². The Bertz CT molecular complexity index is 1050. The van der Waals surface area contributed by atoms with Gasteiger partial charge in [-0.05, 0) is 43.2 Å². The molecular formula is C22H29N3O5S. The van der Waals surface area contributed by atoms with E-state index >= 15 is 0 Å². The first kappa shape index (κ1) is 22.9. The van der Waals surface area contributed by atoms with Crippen molar-refractivity contribution >= 4 is 16.1 Å². The van der Waals surface area contributed by atoms with E-state index in [1.54, 1.807) is 37.3 Å². The van der Waals surface area contributed by atoms with Crippen molar-refractivity contribution < 1.29 is 22.7 Å². The third-order valence-electron chi connectivity index (χ3n) is 5.56. The summed E-state index contributed by atoms with van der Waals surface area (Å²) in [7, 11) is -0.463. The van der Waals surface area contributed by atoms with Crippen LogP contribution in [0.3, 0.4) is 0 Å². The number of carbonyl (C=O) groups excluding carboxylic acids is 1. The number of nitrogens with zero attached hydrogens (tertiary/aromatic N) is 2. The van der Waals surface area contributed by atoms with Gasteiger partial charge in [0, 0.05) is 38.3 Å². The second-order valence-corrected chi connectivity index (χ2v) is 9.39. The average molecular weight is 448 g/mol. The molecule has 8 nitrogen and oxygen atoms in total. The number of para-hydroxylation sites is 1. The highest BCUT2D eigenvalue weighted by molar-refractivity contribution is 7.89. The van der Waals surface area contributed by atoms with Crippen molar-refractivity contribution in [3.05, 3.63) is 53.1 Å². The van der Waals surface area contributed by atoms with E-state index in [1.165, 1.54) is 4.31 Å². The van der Waals surface area contributed by atoms with E-state index < -0.39 is 10.0 Å². The van der Waals surface area contributed by atoms with Gasteiger partial charge in [-0.25, -0.2) is 13.2 Å². The second-order valence-electron chi connectivity index (χ2n) is 7.45. The molecule has 0 saturated carbocycles. The summed E-state index contributed by atoms with van der Waals surface area (Å²) in [5.74, 6) is 1.18. The number of aryl methyl sites for hydroxylation is 2. The van der Waals surface area contributed by atoms with Crippen molar-refractivity contribution in [3.63, 3.8) is 0 Å². The predicted molar refractivity (Wildman–Crippen MR) is 118 cm³/mol. The largest absolute Gasteiger partial charge is 0.493 e. The smallest absolute Gasteiger partial charge is 0.317 e. The molecule has 168 valence electrons. The molecule has 2 amide bonds. The fraction of sp³-hybridized carbons (Fsp3) is 0.409. The van der Waals surface area contributed by atoms with Gasteiger partial charge < -0.3 is 19.7 Å². The Morgan fingerprint density at radius 2 is 1.71 bits per heavy atom. The van der Waals surface area contributed by atoms with Gasteiger partial charge in [0.1, 0.15) is 0 Å². The van der Waals surface area contributed by atoms with Crippen LogP contribution in [-0.2, 0) is 16.6 Å². The summed E-state index contributed by atoms with van der Waals surface area (Å²) in [5.41, 5.74) is 2.78. The van der Waals surface area contributed by atoms with Crippen LogP contribution in [0.1, 0.15) is 16.7 Å². The van der Waals surface area contributed by atoms with Crippen molar-refractivity contribution in [2.24, 2.45) is 0 Å². The molecular weight excluding hydrogens is 418 g/mol. The number of sulfonamides is 1. The molecule has 0 atom stereocenters. The van der Waals surface area contributed by atoms with E-state index in [2.05, 4.69) is 5.32 Å². The Morgan fingerprint density at radius 1 is 1.00 bits per heavy atom. The molecule has 1 N–H and O–H groups in total. The van der Waals surface area contributed by atoms with Gasteiger partial charge in [-0.2, -0.15) is 4.31 Å². The van der Waals surface area contributed by atoms with Crippen LogP contribution >= 0.6 is 0 Å². The number of amides is 2. The number of benzene rings is 2. The minimum atomic E-state index is -3.58. The zero-order valence-corrected chi connectivity index (χ0v) is 19.2. The van der Waals surface area contributed by atoms with Crippen LogP contribution in [0.5, 0.6) is 11.5 Å². The highest BCUT2D eigenvalue weighted by atomic mass is 32.2. The first-order valence-corrected chi connectivity index (χ1v) is 11.5.